The molecular weight excluding hydrogens is 441 g/mol. The van der Waals surface area contributed by atoms with Crippen molar-refractivity contribution in [1.82, 2.24) is 0 Å². The Balaban J connectivity index is 2.77. The average Bonchev–Trinajstić information content (AvgIpc) is 2.62. The number of non-ortho nitro benzene ring substituents is 1. The van der Waals surface area contributed by atoms with Gasteiger partial charge in [-0.1, -0.05) is 17.7 Å². The molecule has 2 aromatic carbocycles. The van der Waals surface area contributed by atoms with Crippen molar-refractivity contribution in [3.05, 3.63) is 63.2 Å². The van der Waals surface area contributed by atoms with Crippen LogP contribution in [-0.2, 0) is 21.0 Å². The number of nitro groups is 1. The van der Waals surface area contributed by atoms with Crippen molar-refractivity contribution in [3.8, 4) is 0 Å². The molecule has 0 heterocycles. The van der Waals surface area contributed by atoms with E-state index in [9.17, 15) is 41.6 Å². The number of alkyl halides is 3. The molecule has 0 aliphatic heterocycles. The van der Waals surface area contributed by atoms with Gasteiger partial charge in [-0.25, -0.2) is 13.2 Å². The second-order valence-corrected chi connectivity index (χ2v) is 7.96. The number of sulfonamides is 1. The van der Waals surface area contributed by atoms with E-state index in [0.29, 0.717) is 18.2 Å². The van der Waals surface area contributed by atoms with E-state index in [1.165, 1.54) is 0 Å². The molecule has 1 N–H and O–H groups in total. The summed E-state index contributed by atoms with van der Waals surface area (Å²) in [5, 5.41) is 19.8. The largest absolute Gasteiger partial charge is 0.480 e. The Morgan fingerprint density at radius 2 is 1.86 bits per heavy atom. The minimum absolute atomic E-state index is 0.186. The number of anilines is 1. The first-order chi connectivity index (χ1) is 13.3. The van der Waals surface area contributed by atoms with Crippen LogP contribution in [-0.4, -0.2) is 30.5 Å². The smallest absolute Gasteiger partial charge is 0.416 e. The number of benzene rings is 2. The van der Waals surface area contributed by atoms with Gasteiger partial charge < -0.3 is 5.11 Å². The minimum atomic E-state index is -4.85. The van der Waals surface area contributed by atoms with E-state index in [4.69, 9.17) is 11.6 Å². The number of nitro benzene ring substituents is 1. The van der Waals surface area contributed by atoms with Gasteiger partial charge in [0.25, 0.3) is 15.7 Å². The van der Waals surface area contributed by atoms with Crippen molar-refractivity contribution in [3.63, 3.8) is 0 Å². The lowest BCUT2D eigenvalue weighted by atomic mass is 10.2. The lowest BCUT2D eigenvalue weighted by molar-refractivity contribution is -0.385. The van der Waals surface area contributed by atoms with Gasteiger partial charge in [-0.15, -0.1) is 0 Å². The van der Waals surface area contributed by atoms with Gasteiger partial charge in [0.1, 0.15) is 6.04 Å². The molecule has 0 aliphatic carbocycles. The summed E-state index contributed by atoms with van der Waals surface area (Å²) in [5.41, 5.74) is -2.60. The molecule has 0 amide bonds. The van der Waals surface area contributed by atoms with Crippen molar-refractivity contribution in [2.45, 2.75) is 24.0 Å². The number of rotatable bonds is 6. The maximum Gasteiger partial charge on any atom is 0.416 e. The summed E-state index contributed by atoms with van der Waals surface area (Å²) in [6.45, 7) is 0.924. The molecule has 2 aromatic rings. The van der Waals surface area contributed by atoms with E-state index in [0.717, 1.165) is 31.2 Å². The van der Waals surface area contributed by atoms with E-state index >= 15 is 0 Å². The second kappa shape index (κ2) is 7.87. The summed E-state index contributed by atoms with van der Waals surface area (Å²) in [5.74, 6) is -1.67. The van der Waals surface area contributed by atoms with Crippen molar-refractivity contribution in [2.75, 3.05) is 4.31 Å². The van der Waals surface area contributed by atoms with Crippen LogP contribution in [0.1, 0.15) is 12.5 Å². The number of aliphatic carboxylic acids is 1. The van der Waals surface area contributed by atoms with Crippen molar-refractivity contribution < 1.29 is 36.4 Å². The maximum absolute atomic E-state index is 13.1. The fourth-order valence-electron chi connectivity index (χ4n) is 2.38. The topological polar surface area (TPSA) is 118 Å². The Morgan fingerprint density at radius 1 is 1.24 bits per heavy atom. The highest BCUT2D eigenvalue weighted by Gasteiger charge is 2.38. The SMILES string of the molecule is CC(C(=O)O)N(c1cc(C(F)(F)F)ccc1Cl)S(=O)(=O)c1cccc([N+](=O)[O-])c1. The molecule has 1 atom stereocenters. The van der Waals surface area contributed by atoms with Gasteiger partial charge >= 0.3 is 12.1 Å². The molecule has 0 fully saturated rings. The van der Waals surface area contributed by atoms with Gasteiger partial charge in [0.2, 0.25) is 0 Å². The van der Waals surface area contributed by atoms with Crippen molar-refractivity contribution in [2.24, 2.45) is 0 Å². The lowest BCUT2D eigenvalue weighted by Gasteiger charge is -2.29. The van der Waals surface area contributed by atoms with Crippen LogP contribution in [0.3, 0.4) is 0 Å². The molecule has 8 nitrogen and oxygen atoms in total. The van der Waals surface area contributed by atoms with Crippen molar-refractivity contribution in [1.29, 1.82) is 0 Å². The number of halogens is 4. The third-order valence-corrected chi connectivity index (χ3v) is 6.01. The molecule has 0 saturated carbocycles. The maximum atomic E-state index is 13.1. The zero-order valence-corrected chi connectivity index (χ0v) is 16.0. The van der Waals surface area contributed by atoms with E-state index < -0.39 is 60.0 Å². The monoisotopic (exact) mass is 452 g/mol. The van der Waals surface area contributed by atoms with Gasteiger partial charge in [0, 0.05) is 12.1 Å². The Kier molecular flexibility index (Phi) is 6.09. The molecule has 29 heavy (non-hydrogen) atoms. The highest BCUT2D eigenvalue weighted by Crippen LogP contribution is 2.38. The summed E-state index contributed by atoms with van der Waals surface area (Å²) in [4.78, 5) is 20.8. The van der Waals surface area contributed by atoms with Crippen LogP contribution in [0.25, 0.3) is 0 Å². The van der Waals surface area contributed by atoms with Crippen LogP contribution in [0.4, 0.5) is 24.5 Å². The van der Waals surface area contributed by atoms with Gasteiger partial charge in [-0.3, -0.25) is 14.4 Å². The fourth-order valence-corrected chi connectivity index (χ4v) is 4.30. The normalized spacial score (nSPS) is 13.0. The Labute approximate surface area is 167 Å². The number of hydrogen-bond donors (Lipinski definition) is 1. The van der Waals surface area contributed by atoms with Crippen LogP contribution in [0.2, 0.25) is 5.02 Å². The zero-order chi connectivity index (χ0) is 22.1. The van der Waals surface area contributed by atoms with Crippen LogP contribution >= 0.6 is 11.6 Å². The summed E-state index contributed by atoms with van der Waals surface area (Å²) in [6, 6.07) is 3.57. The van der Waals surface area contributed by atoms with E-state index in [-0.39, 0.29) is 4.31 Å². The Bertz CT molecular complexity index is 1070. The predicted octanol–water partition coefficient (Wildman–Crippen LogP) is 3.94. The van der Waals surface area contributed by atoms with Crippen LogP contribution in [0.15, 0.2) is 47.4 Å². The van der Waals surface area contributed by atoms with Gasteiger partial charge in [-0.05, 0) is 31.2 Å². The zero-order valence-electron chi connectivity index (χ0n) is 14.4. The third-order valence-electron chi connectivity index (χ3n) is 3.81. The van der Waals surface area contributed by atoms with E-state index in [2.05, 4.69) is 0 Å². The number of carboxylic acids is 1. The Hall–Kier alpha value is -2.86. The van der Waals surface area contributed by atoms with Crippen LogP contribution in [0, 0.1) is 10.1 Å². The molecule has 0 saturated heterocycles. The summed E-state index contributed by atoms with van der Waals surface area (Å²) in [7, 11) is -4.84. The lowest BCUT2D eigenvalue weighted by Crippen LogP contribution is -2.43. The molecule has 1 unspecified atom stereocenters. The summed E-state index contributed by atoms with van der Waals surface area (Å²) in [6.07, 6.45) is -4.85. The average molecular weight is 453 g/mol. The van der Waals surface area contributed by atoms with Gasteiger partial charge in [0.15, 0.2) is 0 Å². The molecule has 0 aromatic heterocycles. The van der Waals surface area contributed by atoms with E-state index in [1.54, 1.807) is 0 Å². The molecule has 0 spiro atoms. The number of nitrogens with zero attached hydrogens (tertiary/aromatic N) is 2. The molecule has 0 radical (unpaired) electrons. The standard InChI is InChI=1S/C16H12ClF3N2O6S/c1-9(15(23)24)21(14-7-10(16(18,19)20)5-6-13(14)17)29(27,28)12-4-2-3-11(8-12)22(25)26/h2-9H,1H3,(H,23,24). The predicted molar refractivity (Wildman–Crippen MR) is 96.3 cm³/mol. The quantitative estimate of drug-likeness (QED) is 0.524. The van der Waals surface area contributed by atoms with E-state index in [1.807, 2.05) is 0 Å². The Morgan fingerprint density at radius 3 is 2.38 bits per heavy atom. The van der Waals surface area contributed by atoms with Crippen LogP contribution in [0.5, 0.6) is 0 Å². The summed E-state index contributed by atoms with van der Waals surface area (Å²) < 4.78 is 65.6. The molecule has 13 heteroatoms. The number of carbonyl (C=O) groups is 1. The number of hydrogen-bond acceptors (Lipinski definition) is 5. The highest BCUT2D eigenvalue weighted by atomic mass is 35.5. The highest BCUT2D eigenvalue weighted by molar-refractivity contribution is 7.93. The number of carboxylic acid groups (broad SMARTS) is 1. The van der Waals surface area contributed by atoms with Crippen LogP contribution < -0.4 is 4.31 Å². The molecule has 0 aliphatic rings. The molecule has 0 bridgehead atoms. The molecular formula is C16H12ClF3N2O6S. The van der Waals surface area contributed by atoms with Gasteiger partial charge in [0.05, 0.1) is 26.1 Å². The molecule has 156 valence electrons. The first-order valence-electron chi connectivity index (χ1n) is 7.65. The second-order valence-electron chi connectivity index (χ2n) is 5.73. The van der Waals surface area contributed by atoms with Gasteiger partial charge in [-0.2, -0.15) is 13.2 Å². The minimum Gasteiger partial charge on any atom is -0.480 e. The summed E-state index contributed by atoms with van der Waals surface area (Å²) >= 11 is 5.89. The first kappa shape index (κ1) is 22.4. The fraction of sp³-hybridized carbons (Fsp3) is 0.188. The molecule has 2 rings (SSSR count). The first-order valence-corrected chi connectivity index (χ1v) is 9.47. The van der Waals surface area contributed by atoms with Crippen molar-refractivity contribution >= 4 is 39.0 Å². The third kappa shape index (κ3) is 4.59.